The fourth-order valence-corrected chi connectivity index (χ4v) is 3.51. The Morgan fingerprint density at radius 3 is 2.81 bits per heavy atom. The average molecular weight is 284 g/mol. The van der Waals surface area contributed by atoms with Crippen molar-refractivity contribution in [3.8, 4) is 5.75 Å². The number of aryl methyl sites for hydroxylation is 1. The standard InChI is InChI=1S/C18H20O3/c1-12-4-7-16-15-6-5-14(20-2)10-13(15)8-9-18(16,11-12)17(19)21-3/h5-7,10-11H,4,8-9H2,1-3H3. The molecule has 0 radical (unpaired) electrons. The lowest BCUT2D eigenvalue weighted by atomic mass is 9.64. The van der Waals surface area contributed by atoms with Gasteiger partial charge in [-0.05, 0) is 55.0 Å². The molecule has 1 aromatic rings. The molecule has 1 aromatic carbocycles. The normalized spacial score (nSPS) is 23.4. The largest absolute Gasteiger partial charge is 0.497 e. The molecular weight excluding hydrogens is 264 g/mol. The fraction of sp³-hybridized carbons (Fsp3) is 0.389. The van der Waals surface area contributed by atoms with Crippen LogP contribution < -0.4 is 4.74 Å². The predicted molar refractivity (Wildman–Crippen MR) is 82.1 cm³/mol. The van der Waals surface area contributed by atoms with Gasteiger partial charge in [-0.25, -0.2) is 0 Å². The van der Waals surface area contributed by atoms with Crippen LogP contribution in [-0.4, -0.2) is 20.2 Å². The maximum atomic E-state index is 12.5. The van der Waals surface area contributed by atoms with Gasteiger partial charge in [0.25, 0.3) is 0 Å². The van der Waals surface area contributed by atoms with E-state index < -0.39 is 5.41 Å². The molecule has 2 aliphatic carbocycles. The maximum absolute atomic E-state index is 12.5. The molecular formula is C18H20O3. The highest BCUT2D eigenvalue weighted by atomic mass is 16.5. The summed E-state index contributed by atoms with van der Waals surface area (Å²) in [4.78, 5) is 12.5. The van der Waals surface area contributed by atoms with Crippen molar-refractivity contribution in [1.82, 2.24) is 0 Å². The molecule has 0 aromatic heterocycles. The van der Waals surface area contributed by atoms with Gasteiger partial charge in [-0.15, -0.1) is 0 Å². The summed E-state index contributed by atoms with van der Waals surface area (Å²) in [6.45, 7) is 2.07. The first-order valence-corrected chi connectivity index (χ1v) is 7.25. The second-order valence-electron chi connectivity index (χ2n) is 5.80. The first kappa shape index (κ1) is 13.9. The highest BCUT2D eigenvalue weighted by Gasteiger charge is 2.45. The summed E-state index contributed by atoms with van der Waals surface area (Å²) in [5.41, 5.74) is 4.09. The van der Waals surface area contributed by atoms with E-state index in [1.807, 2.05) is 6.07 Å². The van der Waals surface area contributed by atoms with Crippen LogP contribution in [0, 0.1) is 5.41 Å². The van der Waals surface area contributed by atoms with Crippen molar-refractivity contribution in [3.63, 3.8) is 0 Å². The number of fused-ring (bicyclic) bond motifs is 3. The number of methoxy groups -OCH3 is 2. The predicted octanol–water partition coefficient (Wildman–Crippen LogP) is 3.53. The average Bonchev–Trinajstić information content (AvgIpc) is 2.52. The van der Waals surface area contributed by atoms with E-state index in [0.717, 1.165) is 36.1 Å². The Kier molecular flexibility index (Phi) is 3.36. The smallest absolute Gasteiger partial charge is 0.320 e. The number of carbonyl (C=O) groups is 1. The number of hydrogen-bond acceptors (Lipinski definition) is 3. The molecule has 0 bridgehead atoms. The Labute approximate surface area is 125 Å². The molecule has 3 heteroatoms. The minimum Gasteiger partial charge on any atom is -0.497 e. The molecule has 0 spiro atoms. The zero-order valence-electron chi connectivity index (χ0n) is 12.7. The lowest BCUT2D eigenvalue weighted by Gasteiger charge is -2.38. The lowest BCUT2D eigenvalue weighted by Crippen LogP contribution is -2.36. The number of allylic oxidation sites excluding steroid dienone is 2. The molecule has 1 unspecified atom stereocenters. The molecule has 3 nitrogen and oxygen atoms in total. The molecule has 3 rings (SSSR count). The Morgan fingerprint density at radius 2 is 2.10 bits per heavy atom. The van der Waals surface area contributed by atoms with E-state index >= 15 is 0 Å². The third-order valence-corrected chi connectivity index (χ3v) is 4.54. The number of carbonyl (C=O) groups excluding carboxylic acids is 1. The quantitative estimate of drug-likeness (QED) is 0.615. The number of rotatable bonds is 2. The van der Waals surface area contributed by atoms with Crippen molar-refractivity contribution in [3.05, 3.63) is 47.1 Å². The van der Waals surface area contributed by atoms with Gasteiger partial charge in [-0.2, -0.15) is 0 Å². The van der Waals surface area contributed by atoms with E-state index in [9.17, 15) is 4.79 Å². The van der Waals surface area contributed by atoms with Crippen LogP contribution in [0.5, 0.6) is 5.75 Å². The van der Waals surface area contributed by atoms with Crippen LogP contribution in [0.3, 0.4) is 0 Å². The molecule has 0 amide bonds. The van der Waals surface area contributed by atoms with Gasteiger partial charge >= 0.3 is 5.97 Å². The van der Waals surface area contributed by atoms with E-state index in [0.29, 0.717) is 0 Å². The van der Waals surface area contributed by atoms with Crippen LogP contribution in [0.2, 0.25) is 0 Å². The van der Waals surface area contributed by atoms with E-state index in [-0.39, 0.29) is 5.97 Å². The van der Waals surface area contributed by atoms with Gasteiger partial charge in [0.1, 0.15) is 11.2 Å². The van der Waals surface area contributed by atoms with E-state index in [1.165, 1.54) is 18.2 Å². The second-order valence-corrected chi connectivity index (χ2v) is 5.80. The minimum absolute atomic E-state index is 0.158. The molecule has 0 aliphatic heterocycles. The monoisotopic (exact) mass is 284 g/mol. The molecule has 2 aliphatic rings. The van der Waals surface area contributed by atoms with E-state index in [2.05, 4.69) is 31.2 Å². The summed E-state index contributed by atoms with van der Waals surface area (Å²) < 4.78 is 10.4. The number of benzene rings is 1. The summed E-state index contributed by atoms with van der Waals surface area (Å²) in [6.07, 6.45) is 6.77. The number of esters is 1. The van der Waals surface area contributed by atoms with Crippen molar-refractivity contribution in [2.24, 2.45) is 5.41 Å². The van der Waals surface area contributed by atoms with E-state index in [4.69, 9.17) is 9.47 Å². The van der Waals surface area contributed by atoms with Gasteiger partial charge in [0, 0.05) is 0 Å². The van der Waals surface area contributed by atoms with Gasteiger partial charge in [0.15, 0.2) is 0 Å². The van der Waals surface area contributed by atoms with Crippen molar-refractivity contribution in [1.29, 1.82) is 0 Å². The Morgan fingerprint density at radius 1 is 1.29 bits per heavy atom. The molecule has 0 N–H and O–H groups in total. The van der Waals surface area contributed by atoms with Crippen LogP contribution in [0.15, 0.2) is 35.9 Å². The molecule has 110 valence electrons. The van der Waals surface area contributed by atoms with Crippen LogP contribution >= 0.6 is 0 Å². The van der Waals surface area contributed by atoms with Crippen LogP contribution in [-0.2, 0) is 16.0 Å². The van der Waals surface area contributed by atoms with Gasteiger partial charge in [0.2, 0.25) is 0 Å². The van der Waals surface area contributed by atoms with Crippen molar-refractivity contribution in [2.45, 2.75) is 26.2 Å². The van der Waals surface area contributed by atoms with Crippen molar-refractivity contribution < 1.29 is 14.3 Å². The highest BCUT2D eigenvalue weighted by Crippen LogP contribution is 2.50. The molecule has 0 saturated heterocycles. The van der Waals surface area contributed by atoms with E-state index in [1.54, 1.807) is 7.11 Å². The summed E-state index contributed by atoms with van der Waals surface area (Å²) in [5, 5.41) is 0. The van der Waals surface area contributed by atoms with Crippen molar-refractivity contribution in [2.75, 3.05) is 14.2 Å². The molecule has 0 heterocycles. The van der Waals surface area contributed by atoms with Crippen LogP contribution in [0.1, 0.15) is 30.9 Å². The first-order valence-electron chi connectivity index (χ1n) is 7.25. The SMILES string of the molecule is COC(=O)C12C=C(C)CC=C1c1ccc(OC)cc1CC2. The number of hydrogen-bond donors (Lipinski definition) is 0. The lowest BCUT2D eigenvalue weighted by molar-refractivity contribution is -0.147. The summed E-state index contributed by atoms with van der Waals surface area (Å²) >= 11 is 0. The maximum Gasteiger partial charge on any atom is 0.320 e. The van der Waals surface area contributed by atoms with Crippen molar-refractivity contribution >= 4 is 11.5 Å². The first-order chi connectivity index (χ1) is 10.1. The molecule has 0 saturated carbocycles. The van der Waals surface area contributed by atoms with Gasteiger partial charge < -0.3 is 9.47 Å². The summed E-state index contributed by atoms with van der Waals surface area (Å²) in [7, 11) is 3.14. The van der Waals surface area contributed by atoms with Gasteiger partial charge in [-0.1, -0.05) is 23.8 Å². The summed E-state index contributed by atoms with van der Waals surface area (Å²) in [5.74, 6) is 0.705. The van der Waals surface area contributed by atoms with Crippen LogP contribution in [0.4, 0.5) is 0 Å². The van der Waals surface area contributed by atoms with Crippen LogP contribution in [0.25, 0.3) is 5.57 Å². The molecule has 1 atom stereocenters. The Bertz CT molecular complexity index is 654. The highest BCUT2D eigenvalue weighted by molar-refractivity contribution is 5.98. The third kappa shape index (κ3) is 2.08. The summed E-state index contributed by atoms with van der Waals surface area (Å²) in [6, 6.07) is 6.09. The topological polar surface area (TPSA) is 35.5 Å². The minimum atomic E-state index is -0.612. The third-order valence-electron chi connectivity index (χ3n) is 4.54. The molecule has 0 fully saturated rings. The zero-order valence-corrected chi connectivity index (χ0v) is 12.7. The van der Waals surface area contributed by atoms with Gasteiger partial charge in [0.05, 0.1) is 14.2 Å². The Balaban J connectivity index is 2.14. The number of ether oxygens (including phenoxy) is 2. The molecule has 21 heavy (non-hydrogen) atoms. The Hall–Kier alpha value is -2.03. The zero-order chi connectivity index (χ0) is 15.0. The van der Waals surface area contributed by atoms with Gasteiger partial charge in [-0.3, -0.25) is 4.79 Å². The fourth-order valence-electron chi connectivity index (χ4n) is 3.51. The second kappa shape index (κ2) is 5.06.